The second-order valence-corrected chi connectivity index (χ2v) is 8.54. The molecular weight excluding hydrogens is 371 g/mol. The number of nitrogens with zero attached hydrogens (tertiary/aromatic N) is 1. The number of nitrogens with one attached hydrogen (secondary N) is 2. The summed E-state index contributed by atoms with van der Waals surface area (Å²) in [5.74, 6) is 3.59. The van der Waals surface area contributed by atoms with Gasteiger partial charge in [0.1, 0.15) is 5.82 Å². The number of carbonyl (C=O) groups is 2. The van der Waals surface area contributed by atoms with Gasteiger partial charge < -0.3 is 20.9 Å². The van der Waals surface area contributed by atoms with Gasteiger partial charge in [0.05, 0.1) is 16.8 Å². The molecule has 0 aliphatic carbocycles. The molecule has 6 nitrogen and oxygen atoms in total. The van der Waals surface area contributed by atoms with Crippen LogP contribution in [-0.2, 0) is 4.79 Å². The molecule has 2 aromatic rings. The van der Waals surface area contributed by atoms with Gasteiger partial charge in [0.25, 0.3) is 11.8 Å². The molecule has 1 aromatic carbocycles. The summed E-state index contributed by atoms with van der Waals surface area (Å²) >= 11 is 0. The minimum Gasteiger partial charge on any atom is -0.366 e. The maximum atomic E-state index is 15.3. The largest absolute Gasteiger partial charge is 0.366 e. The van der Waals surface area contributed by atoms with E-state index >= 15 is 4.39 Å². The van der Waals surface area contributed by atoms with E-state index < -0.39 is 11.7 Å². The van der Waals surface area contributed by atoms with E-state index in [1.807, 2.05) is 18.7 Å². The van der Waals surface area contributed by atoms with Crippen molar-refractivity contribution in [2.24, 2.45) is 11.1 Å². The molecule has 1 aromatic heterocycles. The number of anilines is 1. The third-order valence-electron chi connectivity index (χ3n) is 5.52. The second kappa shape index (κ2) is 7.43. The Kier molecular flexibility index (Phi) is 5.31. The summed E-state index contributed by atoms with van der Waals surface area (Å²) < 4.78 is 15.3. The number of rotatable bonds is 3. The van der Waals surface area contributed by atoms with Crippen molar-refractivity contribution in [2.75, 3.05) is 18.0 Å². The Morgan fingerprint density at radius 2 is 2.07 bits per heavy atom. The molecular formula is C22H27FN4O2. The van der Waals surface area contributed by atoms with Crippen LogP contribution in [0, 0.1) is 36.9 Å². The smallest absolute Gasteiger partial charge is 0.296 e. The average Bonchev–Trinajstić information content (AvgIpc) is 2.88. The van der Waals surface area contributed by atoms with Crippen LogP contribution in [0.1, 0.15) is 48.8 Å². The normalized spacial score (nSPS) is 18.3. The highest BCUT2D eigenvalue weighted by Gasteiger charge is 2.36. The van der Waals surface area contributed by atoms with E-state index in [1.165, 1.54) is 6.07 Å². The van der Waals surface area contributed by atoms with Gasteiger partial charge in [-0.25, -0.2) is 4.39 Å². The molecule has 4 N–H and O–H groups in total. The Morgan fingerprint density at radius 3 is 2.69 bits per heavy atom. The van der Waals surface area contributed by atoms with Crippen LogP contribution in [0.4, 0.5) is 10.1 Å². The van der Waals surface area contributed by atoms with Gasteiger partial charge in [-0.1, -0.05) is 19.8 Å². The fraction of sp³-hybridized carbons (Fsp3) is 0.455. The first-order valence-electron chi connectivity index (χ1n) is 9.63. The van der Waals surface area contributed by atoms with Crippen molar-refractivity contribution in [3.05, 3.63) is 28.7 Å². The fourth-order valence-electron chi connectivity index (χ4n) is 4.35. The number of halogens is 1. The predicted octanol–water partition coefficient (Wildman–Crippen LogP) is 2.77. The monoisotopic (exact) mass is 398 g/mol. The zero-order chi connectivity index (χ0) is 21.5. The number of H-pyrrole nitrogens is 1. The van der Waals surface area contributed by atoms with Crippen LogP contribution >= 0.6 is 0 Å². The van der Waals surface area contributed by atoms with Crippen molar-refractivity contribution in [1.29, 1.82) is 0 Å². The molecule has 0 radical (unpaired) electrons. The summed E-state index contributed by atoms with van der Waals surface area (Å²) in [4.78, 5) is 29.0. The summed E-state index contributed by atoms with van der Waals surface area (Å²) in [5.41, 5.74) is 8.17. The van der Waals surface area contributed by atoms with Crippen LogP contribution in [-0.4, -0.2) is 35.9 Å². The molecule has 1 fully saturated rings. The van der Waals surface area contributed by atoms with Crippen molar-refractivity contribution in [1.82, 2.24) is 10.3 Å². The highest BCUT2D eigenvalue weighted by molar-refractivity contribution is 6.10. The zero-order valence-electron chi connectivity index (χ0n) is 17.5. The zero-order valence-corrected chi connectivity index (χ0v) is 17.5. The Morgan fingerprint density at radius 1 is 1.38 bits per heavy atom. The molecule has 1 aliphatic heterocycles. The molecule has 0 spiro atoms. The van der Waals surface area contributed by atoms with Gasteiger partial charge in [0.2, 0.25) is 0 Å². The number of amides is 2. The first kappa shape index (κ1) is 20.7. The second-order valence-electron chi connectivity index (χ2n) is 8.54. The van der Waals surface area contributed by atoms with Crippen LogP contribution in [0.15, 0.2) is 6.07 Å². The summed E-state index contributed by atoms with van der Waals surface area (Å²) in [7, 11) is 0. The maximum absolute atomic E-state index is 15.3. The SMILES string of the molecule is CC#CC(=O)N[C@@H]1CN(c2c(F)cc(C(N)=O)c3[nH]c(C)c(C)c23)CC(C)(C)C1. The molecule has 1 aliphatic rings. The summed E-state index contributed by atoms with van der Waals surface area (Å²) in [6.45, 7) is 10.6. The van der Waals surface area contributed by atoms with E-state index in [2.05, 4.69) is 36.0 Å². The first-order valence-corrected chi connectivity index (χ1v) is 9.63. The highest BCUT2D eigenvalue weighted by atomic mass is 19.1. The third-order valence-corrected chi connectivity index (χ3v) is 5.52. The van der Waals surface area contributed by atoms with E-state index in [1.54, 1.807) is 6.92 Å². The van der Waals surface area contributed by atoms with Gasteiger partial charge in [0.15, 0.2) is 0 Å². The number of carbonyl (C=O) groups excluding carboxylic acids is 2. The van der Waals surface area contributed by atoms with Gasteiger partial charge >= 0.3 is 0 Å². The number of hydrogen-bond acceptors (Lipinski definition) is 3. The number of aromatic nitrogens is 1. The summed E-state index contributed by atoms with van der Waals surface area (Å²) in [5, 5.41) is 3.59. The number of fused-ring (bicyclic) bond motifs is 1. The van der Waals surface area contributed by atoms with Crippen LogP contribution in [0.2, 0.25) is 0 Å². The number of piperidine rings is 1. The van der Waals surface area contributed by atoms with Crippen molar-refractivity contribution in [3.63, 3.8) is 0 Å². The molecule has 1 saturated heterocycles. The molecule has 2 amide bonds. The van der Waals surface area contributed by atoms with E-state index in [4.69, 9.17) is 5.73 Å². The summed E-state index contributed by atoms with van der Waals surface area (Å²) in [6, 6.07) is 1.03. The Hall–Kier alpha value is -3.01. The molecule has 1 atom stereocenters. The molecule has 0 bridgehead atoms. The average molecular weight is 398 g/mol. The molecule has 0 saturated carbocycles. The molecule has 0 unspecified atom stereocenters. The fourth-order valence-corrected chi connectivity index (χ4v) is 4.35. The third kappa shape index (κ3) is 3.93. The molecule has 154 valence electrons. The lowest BCUT2D eigenvalue weighted by Gasteiger charge is -2.44. The number of benzene rings is 1. The molecule has 2 heterocycles. The highest BCUT2D eigenvalue weighted by Crippen LogP contribution is 2.40. The van der Waals surface area contributed by atoms with Gasteiger partial charge in [-0.2, -0.15) is 0 Å². The molecule has 29 heavy (non-hydrogen) atoms. The Balaban J connectivity index is 2.12. The predicted molar refractivity (Wildman–Crippen MR) is 112 cm³/mol. The Labute approximate surface area is 170 Å². The standard InChI is InChI=1S/C22H27FN4O2/c1-6-7-17(28)26-14-9-22(4,5)11-27(10-14)20-16(23)8-15(21(24)29)19-18(20)12(2)13(3)25-19/h8,14,25H,9-11H2,1-5H3,(H2,24,29)(H,26,28)/t14-/m0/s1. The number of nitrogens with two attached hydrogens (primary N) is 1. The lowest BCUT2D eigenvalue weighted by molar-refractivity contribution is -0.116. The minimum atomic E-state index is -0.677. The van der Waals surface area contributed by atoms with Crippen molar-refractivity contribution in [3.8, 4) is 11.8 Å². The first-order chi connectivity index (χ1) is 13.5. The quantitative estimate of drug-likeness (QED) is 0.695. The van der Waals surface area contributed by atoms with Crippen molar-refractivity contribution < 1.29 is 14.0 Å². The molecule has 7 heteroatoms. The van der Waals surface area contributed by atoms with E-state index in [9.17, 15) is 9.59 Å². The van der Waals surface area contributed by atoms with Crippen LogP contribution in [0.25, 0.3) is 10.9 Å². The minimum absolute atomic E-state index is 0.136. The van der Waals surface area contributed by atoms with Gasteiger partial charge in [0, 0.05) is 30.2 Å². The van der Waals surface area contributed by atoms with Crippen LogP contribution < -0.4 is 16.0 Å². The number of aryl methyl sites for hydroxylation is 2. The maximum Gasteiger partial charge on any atom is 0.296 e. The topological polar surface area (TPSA) is 91.2 Å². The number of hydrogen-bond donors (Lipinski definition) is 3. The van der Waals surface area contributed by atoms with Crippen molar-refractivity contribution in [2.45, 2.75) is 47.1 Å². The van der Waals surface area contributed by atoms with E-state index in [0.717, 1.165) is 17.7 Å². The van der Waals surface area contributed by atoms with Gasteiger partial charge in [-0.3, -0.25) is 9.59 Å². The van der Waals surface area contributed by atoms with Crippen LogP contribution in [0.5, 0.6) is 0 Å². The molecule has 3 rings (SSSR count). The number of aromatic amines is 1. The van der Waals surface area contributed by atoms with E-state index in [-0.39, 0.29) is 22.9 Å². The number of primary amides is 1. The van der Waals surface area contributed by atoms with Crippen molar-refractivity contribution >= 4 is 28.4 Å². The van der Waals surface area contributed by atoms with Crippen LogP contribution in [0.3, 0.4) is 0 Å². The van der Waals surface area contributed by atoms with Gasteiger partial charge in [-0.05, 0) is 50.2 Å². The Bertz CT molecular complexity index is 1060. The lowest BCUT2D eigenvalue weighted by atomic mass is 9.81. The summed E-state index contributed by atoms with van der Waals surface area (Å²) in [6.07, 6.45) is 0.760. The van der Waals surface area contributed by atoms with Gasteiger partial charge in [-0.15, -0.1) is 0 Å². The lowest BCUT2D eigenvalue weighted by Crippen LogP contribution is -2.53. The van der Waals surface area contributed by atoms with E-state index in [0.29, 0.717) is 29.7 Å².